The summed E-state index contributed by atoms with van der Waals surface area (Å²) in [5.41, 5.74) is 4.00. The van der Waals surface area contributed by atoms with E-state index in [4.69, 9.17) is 10.6 Å². The molecule has 0 fully saturated rings. The third-order valence-electron chi connectivity index (χ3n) is 0.637. The Kier molecular flexibility index (Phi) is 2.34. The quantitative estimate of drug-likeness (QED) is 0.496. The van der Waals surface area contributed by atoms with Crippen LogP contribution in [0.3, 0.4) is 0 Å². The van der Waals surface area contributed by atoms with Crippen LogP contribution in [0, 0.1) is 0 Å². The highest BCUT2D eigenvalue weighted by Crippen LogP contribution is 2.35. The maximum Gasteiger partial charge on any atom is 0.262 e. The zero-order valence-electron chi connectivity index (χ0n) is 4.50. The molecule has 0 saturated heterocycles. The Bertz CT molecular complexity index is 137. The third-order valence-corrected chi connectivity index (χ3v) is 1.75. The minimum atomic E-state index is -3.52. The molecule has 0 rings (SSSR count). The molecule has 1 unspecified atom stereocenters. The summed E-state index contributed by atoms with van der Waals surface area (Å²) in [6, 6.07) is 0. The van der Waals surface area contributed by atoms with Crippen molar-refractivity contribution in [2.75, 3.05) is 13.2 Å². The van der Waals surface area contributed by atoms with E-state index >= 15 is 0 Å². The highest BCUT2D eigenvalue weighted by Gasteiger charge is 2.18. The van der Waals surface area contributed by atoms with Gasteiger partial charge in [0.05, 0.1) is 6.54 Å². The molecule has 48 valence electrons. The van der Waals surface area contributed by atoms with Crippen LogP contribution in [0.4, 0.5) is 0 Å². The van der Waals surface area contributed by atoms with Crippen molar-refractivity contribution in [2.45, 2.75) is 0 Å². The Labute approximate surface area is 47.1 Å². The SMILES string of the molecule is CP(=O)(O)C(=O)CN. The molecule has 5 heteroatoms. The summed E-state index contributed by atoms with van der Waals surface area (Å²) < 4.78 is 10.3. The first-order valence-corrected chi connectivity index (χ1v) is 4.13. The molecule has 0 heterocycles. The Morgan fingerprint density at radius 3 is 2.25 bits per heavy atom. The Morgan fingerprint density at radius 2 is 2.25 bits per heavy atom. The molecule has 0 aliphatic rings. The predicted molar refractivity (Wildman–Crippen MR) is 29.8 cm³/mol. The number of hydrogen-bond acceptors (Lipinski definition) is 3. The monoisotopic (exact) mass is 137 g/mol. The van der Waals surface area contributed by atoms with Gasteiger partial charge in [-0.3, -0.25) is 9.36 Å². The molecule has 0 bridgehead atoms. The first-order valence-electron chi connectivity index (χ1n) is 2.02. The van der Waals surface area contributed by atoms with Crippen molar-refractivity contribution in [3.8, 4) is 0 Å². The van der Waals surface area contributed by atoms with Gasteiger partial charge in [0.25, 0.3) is 7.37 Å². The van der Waals surface area contributed by atoms with Crippen LogP contribution < -0.4 is 5.73 Å². The van der Waals surface area contributed by atoms with Crippen molar-refractivity contribution in [1.29, 1.82) is 0 Å². The van der Waals surface area contributed by atoms with Gasteiger partial charge in [0.2, 0.25) is 5.52 Å². The first-order chi connectivity index (χ1) is 3.48. The number of carbonyl (C=O) groups excluding carboxylic acids is 1. The number of carbonyl (C=O) groups is 1. The fraction of sp³-hybridized carbons (Fsp3) is 0.667. The zero-order valence-corrected chi connectivity index (χ0v) is 5.39. The van der Waals surface area contributed by atoms with E-state index in [-0.39, 0.29) is 6.54 Å². The van der Waals surface area contributed by atoms with E-state index in [0.717, 1.165) is 6.66 Å². The largest absolute Gasteiger partial charge is 0.339 e. The van der Waals surface area contributed by atoms with Gasteiger partial charge in [-0.2, -0.15) is 0 Å². The van der Waals surface area contributed by atoms with Gasteiger partial charge in [-0.25, -0.2) is 0 Å². The maximum atomic E-state index is 10.3. The minimum Gasteiger partial charge on any atom is -0.339 e. The van der Waals surface area contributed by atoms with Gasteiger partial charge >= 0.3 is 0 Å². The van der Waals surface area contributed by atoms with Crippen molar-refractivity contribution in [2.24, 2.45) is 5.73 Å². The van der Waals surface area contributed by atoms with Crippen LogP contribution in [-0.4, -0.2) is 23.6 Å². The van der Waals surface area contributed by atoms with Crippen molar-refractivity contribution in [3.63, 3.8) is 0 Å². The van der Waals surface area contributed by atoms with Crippen molar-refractivity contribution < 1.29 is 14.3 Å². The summed E-state index contributed by atoms with van der Waals surface area (Å²) in [6.45, 7) is 0.618. The second-order valence-electron chi connectivity index (χ2n) is 1.48. The lowest BCUT2D eigenvalue weighted by atomic mass is 10.8. The molecule has 0 aromatic carbocycles. The standard InChI is InChI=1S/C3H8NO3P/c1-8(6,7)3(5)2-4/h2,4H2,1H3,(H,6,7). The van der Waals surface area contributed by atoms with E-state index in [0.29, 0.717) is 0 Å². The molecule has 3 N–H and O–H groups in total. The lowest BCUT2D eigenvalue weighted by Crippen LogP contribution is -2.12. The van der Waals surface area contributed by atoms with Crippen LogP contribution in [0.1, 0.15) is 0 Å². The molecule has 4 nitrogen and oxygen atoms in total. The molecule has 0 amide bonds. The summed E-state index contributed by atoms with van der Waals surface area (Å²) in [4.78, 5) is 18.6. The lowest BCUT2D eigenvalue weighted by molar-refractivity contribution is -0.111. The van der Waals surface area contributed by atoms with E-state index < -0.39 is 12.9 Å². The van der Waals surface area contributed by atoms with Crippen molar-refractivity contribution in [3.05, 3.63) is 0 Å². The number of nitrogens with two attached hydrogens (primary N) is 1. The molecule has 0 aliphatic heterocycles. The van der Waals surface area contributed by atoms with Crippen LogP contribution in [0.5, 0.6) is 0 Å². The molecule has 0 saturated carbocycles. The summed E-state index contributed by atoms with van der Waals surface area (Å²) in [5, 5.41) is 0. The predicted octanol–water partition coefficient (Wildman–Crippen LogP) is -0.628. The molecule has 8 heavy (non-hydrogen) atoms. The average Bonchev–Trinajstić information content (AvgIpc) is 1.62. The van der Waals surface area contributed by atoms with Gasteiger partial charge in [-0.1, -0.05) is 0 Å². The highest BCUT2D eigenvalue weighted by molar-refractivity contribution is 7.74. The summed E-state index contributed by atoms with van der Waals surface area (Å²) in [5.74, 6) is 0. The summed E-state index contributed by atoms with van der Waals surface area (Å²) >= 11 is 0. The lowest BCUT2D eigenvalue weighted by Gasteiger charge is -1.97. The van der Waals surface area contributed by atoms with Crippen molar-refractivity contribution in [1.82, 2.24) is 0 Å². The molecule has 0 spiro atoms. The van der Waals surface area contributed by atoms with Gasteiger partial charge in [0.15, 0.2) is 0 Å². The van der Waals surface area contributed by atoms with Crippen LogP contribution in [-0.2, 0) is 9.36 Å². The molecular formula is C3H8NO3P. The second kappa shape index (κ2) is 2.40. The van der Waals surface area contributed by atoms with E-state index in [1.165, 1.54) is 0 Å². The fourth-order valence-electron chi connectivity index (χ4n) is 0.169. The van der Waals surface area contributed by atoms with Crippen LogP contribution in [0.25, 0.3) is 0 Å². The smallest absolute Gasteiger partial charge is 0.262 e. The normalized spacial score (nSPS) is 17.4. The summed E-state index contributed by atoms with van der Waals surface area (Å²) in [7, 11) is -3.52. The molecule has 0 aromatic heterocycles. The Balaban J connectivity index is 4.04. The molecular weight excluding hydrogens is 129 g/mol. The van der Waals surface area contributed by atoms with E-state index in [2.05, 4.69) is 0 Å². The topological polar surface area (TPSA) is 80.4 Å². The first kappa shape index (κ1) is 7.82. The van der Waals surface area contributed by atoms with Crippen LogP contribution >= 0.6 is 7.37 Å². The molecule has 0 aromatic rings. The van der Waals surface area contributed by atoms with Crippen LogP contribution in [0.2, 0.25) is 0 Å². The molecule has 0 radical (unpaired) electrons. The Morgan fingerprint density at radius 1 is 1.88 bits per heavy atom. The van der Waals surface area contributed by atoms with Crippen LogP contribution in [0.15, 0.2) is 0 Å². The average molecular weight is 137 g/mol. The molecule has 0 aliphatic carbocycles. The maximum absolute atomic E-state index is 10.3. The van der Waals surface area contributed by atoms with E-state index in [9.17, 15) is 9.36 Å². The highest BCUT2D eigenvalue weighted by atomic mass is 31.2. The van der Waals surface area contributed by atoms with Crippen molar-refractivity contribution >= 4 is 12.9 Å². The van der Waals surface area contributed by atoms with Gasteiger partial charge in [0, 0.05) is 6.66 Å². The second-order valence-corrected chi connectivity index (χ2v) is 3.73. The minimum absolute atomic E-state index is 0.357. The van der Waals surface area contributed by atoms with Gasteiger partial charge in [0.1, 0.15) is 0 Å². The van der Waals surface area contributed by atoms with Gasteiger partial charge < -0.3 is 10.6 Å². The number of rotatable bonds is 2. The Hall–Kier alpha value is -0.180. The van der Waals surface area contributed by atoms with E-state index in [1.807, 2.05) is 0 Å². The molecule has 1 atom stereocenters. The number of hydrogen-bond donors (Lipinski definition) is 2. The summed E-state index contributed by atoms with van der Waals surface area (Å²) in [6.07, 6.45) is 0. The van der Waals surface area contributed by atoms with E-state index in [1.54, 1.807) is 0 Å². The fourth-order valence-corrected chi connectivity index (χ4v) is 0.508. The van der Waals surface area contributed by atoms with Gasteiger partial charge in [-0.05, 0) is 0 Å². The van der Waals surface area contributed by atoms with Gasteiger partial charge in [-0.15, -0.1) is 0 Å². The zero-order chi connectivity index (χ0) is 6.78. The third kappa shape index (κ3) is 2.21.